The molecule has 4 heteroatoms. The second-order valence-electron chi connectivity index (χ2n) is 5.31. The largest absolute Gasteiger partial charge is 0.351 e. The van der Waals surface area contributed by atoms with Crippen molar-refractivity contribution in [3.63, 3.8) is 0 Å². The molecule has 0 aromatic heterocycles. The molecule has 0 aromatic carbocycles. The first-order valence-electron chi connectivity index (χ1n) is 6.13. The number of hydrogen-bond donors (Lipinski definition) is 1. The van der Waals surface area contributed by atoms with Gasteiger partial charge in [-0.2, -0.15) is 0 Å². The van der Waals surface area contributed by atoms with Gasteiger partial charge >= 0.3 is 0 Å². The Morgan fingerprint density at radius 1 is 1.38 bits per heavy atom. The Morgan fingerprint density at radius 3 is 2.44 bits per heavy atom. The van der Waals surface area contributed by atoms with Gasteiger partial charge in [-0.15, -0.1) is 0 Å². The van der Waals surface area contributed by atoms with E-state index in [1.807, 2.05) is 13.8 Å². The zero-order chi connectivity index (χ0) is 11.8. The van der Waals surface area contributed by atoms with Crippen molar-refractivity contribution in [3.05, 3.63) is 0 Å². The summed E-state index contributed by atoms with van der Waals surface area (Å²) >= 11 is 0. The van der Waals surface area contributed by atoms with E-state index in [9.17, 15) is 9.59 Å². The molecule has 1 N–H and O–H groups in total. The quantitative estimate of drug-likeness (QED) is 0.729. The Kier molecular flexibility index (Phi) is 2.91. The molecule has 0 unspecified atom stereocenters. The van der Waals surface area contributed by atoms with Crippen molar-refractivity contribution in [3.8, 4) is 0 Å². The summed E-state index contributed by atoms with van der Waals surface area (Å²) in [5.74, 6) is 0.0824. The number of nitrogens with zero attached hydrogens (tertiary/aromatic N) is 1. The van der Waals surface area contributed by atoms with Crippen molar-refractivity contribution >= 4 is 11.8 Å². The third kappa shape index (κ3) is 1.93. The minimum Gasteiger partial charge on any atom is -0.351 e. The van der Waals surface area contributed by atoms with E-state index in [1.54, 1.807) is 4.90 Å². The van der Waals surface area contributed by atoms with Gasteiger partial charge in [-0.3, -0.25) is 9.59 Å². The van der Waals surface area contributed by atoms with Crippen LogP contribution in [0.3, 0.4) is 0 Å². The number of β-lactam (4-membered cyclic amide) rings is 1. The molecular formula is C12H20N2O2. The van der Waals surface area contributed by atoms with E-state index in [1.165, 1.54) is 12.8 Å². The van der Waals surface area contributed by atoms with Gasteiger partial charge in [0.15, 0.2) is 0 Å². The van der Waals surface area contributed by atoms with Gasteiger partial charge in [-0.05, 0) is 26.7 Å². The van der Waals surface area contributed by atoms with Crippen LogP contribution in [0.1, 0.15) is 46.0 Å². The van der Waals surface area contributed by atoms with Crippen molar-refractivity contribution in [1.82, 2.24) is 10.2 Å². The molecule has 2 aliphatic rings. The number of carbonyl (C=O) groups is 2. The fourth-order valence-corrected chi connectivity index (χ4v) is 2.46. The molecule has 2 fully saturated rings. The number of amides is 2. The molecule has 0 spiro atoms. The lowest BCUT2D eigenvalue weighted by molar-refractivity contribution is -0.154. The second kappa shape index (κ2) is 4.07. The minimum absolute atomic E-state index is 0.00699. The van der Waals surface area contributed by atoms with Crippen LogP contribution in [0.15, 0.2) is 0 Å². The average molecular weight is 224 g/mol. The lowest BCUT2D eigenvalue weighted by atomic mass is 9.96. The lowest BCUT2D eigenvalue weighted by Crippen LogP contribution is -2.63. The molecular weight excluding hydrogens is 204 g/mol. The highest BCUT2D eigenvalue weighted by Crippen LogP contribution is 2.24. The van der Waals surface area contributed by atoms with Gasteiger partial charge in [0.1, 0.15) is 5.54 Å². The van der Waals surface area contributed by atoms with E-state index in [-0.39, 0.29) is 11.8 Å². The fraction of sp³-hybridized carbons (Fsp3) is 0.833. The maximum atomic E-state index is 12.1. The predicted octanol–water partition coefficient (Wildman–Crippen LogP) is 1.06. The normalized spacial score (nSPS) is 22.1. The first-order valence-corrected chi connectivity index (χ1v) is 6.13. The molecule has 0 bridgehead atoms. The highest BCUT2D eigenvalue weighted by Gasteiger charge is 2.42. The molecule has 1 aliphatic carbocycles. The summed E-state index contributed by atoms with van der Waals surface area (Å²) < 4.78 is 0. The molecule has 0 radical (unpaired) electrons. The summed E-state index contributed by atoms with van der Waals surface area (Å²) in [6, 6.07) is 0.322. The van der Waals surface area contributed by atoms with Gasteiger partial charge in [0.05, 0.1) is 0 Å². The highest BCUT2D eigenvalue weighted by molar-refractivity contribution is 5.93. The van der Waals surface area contributed by atoms with Crippen molar-refractivity contribution in [2.45, 2.75) is 57.5 Å². The third-order valence-electron chi connectivity index (χ3n) is 3.77. The van der Waals surface area contributed by atoms with Crippen LogP contribution in [0, 0.1) is 0 Å². The highest BCUT2D eigenvalue weighted by atomic mass is 16.2. The summed E-state index contributed by atoms with van der Waals surface area (Å²) in [4.78, 5) is 25.1. The smallest absolute Gasteiger partial charge is 0.245 e. The van der Waals surface area contributed by atoms with Gasteiger partial charge in [-0.25, -0.2) is 0 Å². The topological polar surface area (TPSA) is 49.4 Å². The number of nitrogens with one attached hydrogen (secondary N) is 1. The molecule has 1 heterocycles. The average Bonchev–Trinajstić information content (AvgIpc) is 2.67. The summed E-state index contributed by atoms with van der Waals surface area (Å²) in [6.45, 7) is 4.37. The first kappa shape index (κ1) is 11.4. The van der Waals surface area contributed by atoms with Crippen LogP contribution in [0.5, 0.6) is 0 Å². The summed E-state index contributed by atoms with van der Waals surface area (Å²) in [5, 5.41) is 3.06. The van der Waals surface area contributed by atoms with Crippen molar-refractivity contribution < 1.29 is 9.59 Å². The molecule has 1 saturated heterocycles. The van der Waals surface area contributed by atoms with Gasteiger partial charge in [0.2, 0.25) is 11.8 Å². The van der Waals surface area contributed by atoms with Crippen LogP contribution in [-0.2, 0) is 9.59 Å². The van der Waals surface area contributed by atoms with Gasteiger partial charge in [0.25, 0.3) is 0 Å². The van der Waals surface area contributed by atoms with Gasteiger partial charge in [-0.1, -0.05) is 12.8 Å². The van der Waals surface area contributed by atoms with E-state index in [0.717, 1.165) is 12.8 Å². The molecule has 0 aromatic rings. The maximum Gasteiger partial charge on any atom is 0.245 e. The zero-order valence-corrected chi connectivity index (χ0v) is 10.1. The van der Waals surface area contributed by atoms with E-state index in [4.69, 9.17) is 0 Å². The molecule has 2 amide bonds. The van der Waals surface area contributed by atoms with Gasteiger partial charge in [0, 0.05) is 19.0 Å². The zero-order valence-electron chi connectivity index (χ0n) is 10.1. The molecule has 0 atom stereocenters. The van der Waals surface area contributed by atoms with Crippen LogP contribution in [0.4, 0.5) is 0 Å². The molecule has 90 valence electrons. The van der Waals surface area contributed by atoms with Crippen molar-refractivity contribution in [2.75, 3.05) is 6.54 Å². The van der Waals surface area contributed by atoms with E-state index in [0.29, 0.717) is 19.0 Å². The Hall–Kier alpha value is -1.06. The Morgan fingerprint density at radius 2 is 2.00 bits per heavy atom. The van der Waals surface area contributed by atoms with Crippen LogP contribution in [0.2, 0.25) is 0 Å². The molecule has 4 nitrogen and oxygen atoms in total. The van der Waals surface area contributed by atoms with E-state index >= 15 is 0 Å². The van der Waals surface area contributed by atoms with E-state index < -0.39 is 5.54 Å². The molecule has 1 aliphatic heterocycles. The fourth-order valence-electron chi connectivity index (χ4n) is 2.46. The summed E-state index contributed by atoms with van der Waals surface area (Å²) in [5.41, 5.74) is -0.683. The second-order valence-corrected chi connectivity index (χ2v) is 5.31. The lowest BCUT2D eigenvalue weighted by Gasteiger charge is -2.43. The minimum atomic E-state index is -0.683. The monoisotopic (exact) mass is 224 g/mol. The summed E-state index contributed by atoms with van der Waals surface area (Å²) in [7, 11) is 0. The molecule has 2 rings (SSSR count). The van der Waals surface area contributed by atoms with Crippen LogP contribution in [-0.4, -0.2) is 34.8 Å². The summed E-state index contributed by atoms with van der Waals surface area (Å²) in [6.07, 6.45) is 5.15. The number of hydrogen-bond acceptors (Lipinski definition) is 2. The van der Waals surface area contributed by atoms with Crippen molar-refractivity contribution in [1.29, 1.82) is 0 Å². The van der Waals surface area contributed by atoms with Gasteiger partial charge < -0.3 is 10.2 Å². The Balaban J connectivity index is 1.94. The third-order valence-corrected chi connectivity index (χ3v) is 3.77. The van der Waals surface area contributed by atoms with E-state index in [2.05, 4.69) is 5.32 Å². The number of carbonyl (C=O) groups excluding carboxylic acids is 2. The number of rotatable bonds is 3. The number of likely N-dealkylation sites (tertiary alicyclic amines) is 1. The predicted molar refractivity (Wildman–Crippen MR) is 60.8 cm³/mol. The maximum absolute atomic E-state index is 12.1. The molecule has 1 saturated carbocycles. The SMILES string of the molecule is CC(C)(C(=O)NC1CCCC1)N1CCC1=O. The standard InChI is InChI=1S/C12H20N2O2/c1-12(2,14-8-7-10(14)15)11(16)13-9-5-3-4-6-9/h9H,3-8H2,1-2H3,(H,13,16). The molecule has 16 heavy (non-hydrogen) atoms. The first-order chi connectivity index (χ1) is 7.51. The van der Waals surface area contributed by atoms with Crippen LogP contribution in [0.25, 0.3) is 0 Å². The van der Waals surface area contributed by atoms with Crippen LogP contribution < -0.4 is 5.32 Å². The van der Waals surface area contributed by atoms with Crippen molar-refractivity contribution in [2.24, 2.45) is 0 Å². The van der Waals surface area contributed by atoms with Crippen LogP contribution >= 0.6 is 0 Å². The Labute approximate surface area is 96.4 Å². The Bertz CT molecular complexity index is 306.